The number of sulfone groups is 1. The summed E-state index contributed by atoms with van der Waals surface area (Å²) in [5, 5.41) is 12.6. The van der Waals surface area contributed by atoms with Gasteiger partial charge in [-0.05, 0) is 19.1 Å². The van der Waals surface area contributed by atoms with Crippen molar-refractivity contribution < 1.29 is 18.3 Å². The van der Waals surface area contributed by atoms with Crippen LogP contribution in [-0.4, -0.2) is 43.0 Å². The molecule has 0 spiro atoms. The molecular formula is C12H15NO4S. The van der Waals surface area contributed by atoms with Crippen LogP contribution in [0.2, 0.25) is 0 Å². The van der Waals surface area contributed by atoms with Crippen LogP contribution in [0.25, 0.3) is 0 Å². The second-order valence-electron chi connectivity index (χ2n) is 4.53. The molecule has 1 aromatic carbocycles. The van der Waals surface area contributed by atoms with Crippen LogP contribution in [0.4, 0.5) is 5.69 Å². The number of aliphatic hydroxyl groups excluding tert-OH is 1. The number of hydrogen-bond acceptors (Lipinski definition) is 5. The van der Waals surface area contributed by atoms with Crippen molar-refractivity contribution >= 4 is 21.3 Å². The molecule has 5 nitrogen and oxygen atoms in total. The van der Waals surface area contributed by atoms with Crippen molar-refractivity contribution in [2.24, 2.45) is 0 Å². The molecule has 0 saturated carbocycles. The maximum atomic E-state index is 11.4. The Labute approximate surface area is 106 Å². The van der Waals surface area contributed by atoms with Gasteiger partial charge in [-0.15, -0.1) is 0 Å². The number of carbonyl (C=O) groups excluding carboxylic acids is 1. The van der Waals surface area contributed by atoms with Crippen LogP contribution in [-0.2, 0) is 9.84 Å². The summed E-state index contributed by atoms with van der Waals surface area (Å²) >= 11 is 0. The van der Waals surface area contributed by atoms with Crippen LogP contribution in [0.5, 0.6) is 0 Å². The number of nitrogens with one attached hydrogen (secondary N) is 1. The summed E-state index contributed by atoms with van der Waals surface area (Å²) in [5.74, 6) is -0.353. The molecule has 2 atom stereocenters. The van der Waals surface area contributed by atoms with Crippen LogP contribution in [0.1, 0.15) is 17.3 Å². The van der Waals surface area contributed by atoms with Crippen LogP contribution in [0, 0.1) is 0 Å². The number of anilines is 1. The first kappa shape index (κ1) is 13.0. The van der Waals surface area contributed by atoms with Crippen molar-refractivity contribution in [3.8, 4) is 0 Å². The van der Waals surface area contributed by atoms with Crippen molar-refractivity contribution in [1.82, 2.24) is 0 Å². The molecule has 0 bridgehead atoms. The summed E-state index contributed by atoms with van der Waals surface area (Å²) in [7, 11) is -3.17. The Balaban J connectivity index is 2.15. The lowest BCUT2D eigenvalue weighted by Crippen LogP contribution is -2.31. The molecule has 1 fully saturated rings. The molecule has 0 amide bonds. The van der Waals surface area contributed by atoms with E-state index in [2.05, 4.69) is 5.32 Å². The topological polar surface area (TPSA) is 83.5 Å². The summed E-state index contributed by atoms with van der Waals surface area (Å²) in [6, 6.07) is 6.28. The average Bonchev–Trinajstić information content (AvgIpc) is 2.52. The third-order valence-corrected chi connectivity index (χ3v) is 4.66. The van der Waals surface area contributed by atoms with Crippen molar-refractivity contribution in [2.45, 2.75) is 19.1 Å². The van der Waals surface area contributed by atoms with Crippen LogP contribution < -0.4 is 5.32 Å². The Bertz CT molecular complexity index is 567. The van der Waals surface area contributed by atoms with Crippen LogP contribution in [0.15, 0.2) is 24.3 Å². The van der Waals surface area contributed by atoms with Gasteiger partial charge in [-0.1, -0.05) is 12.1 Å². The lowest BCUT2D eigenvalue weighted by Gasteiger charge is -2.16. The summed E-state index contributed by atoms with van der Waals surface area (Å²) in [4.78, 5) is 11.2. The van der Waals surface area contributed by atoms with Crippen LogP contribution in [0.3, 0.4) is 0 Å². The fourth-order valence-electron chi connectivity index (χ4n) is 2.01. The predicted octanol–water partition coefficient (Wildman–Crippen LogP) is 0.459. The third kappa shape index (κ3) is 2.88. The first-order valence-electron chi connectivity index (χ1n) is 5.63. The molecule has 0 aliphatic carbocycles. The van der Waals surface area contributed by atoms with Gasteiger partial charge in [0, 0.05) is 11.3 Å². The minimum Gasteiger partial charge on any atom is -0.390 e. The van der Waals surface area contributed by atoms with Gasteiger partial charge in [-0.3, -0.25) is 4.79 Å². The maximum Gasteiger partial charge on any atom is 0.159 e. The monoisotopic (exact) mass is 269 g/mol. The number of ketones is 1. The minimum absolute atomic E-state index is 0.0572. The lowest BCUT2D eigenvalue weighted by atomic mass is 10.1. The Morgan fingerprint density at radius 3 is 2.67 bits per heavy atom. The van der Waals surface area contributed by atoms with Crippen molar-refractivity contribution in [3.63, 3.8) is 0 Å². The molecular weight excluding hydrogens is 254 g/mol. The molecule has 1 heterocycles. The molecule has 2 N–H and O–H groups in total. The standard InChI is InChI=1S/C12H15NO4S/c1-8(14)9-3-2-4-10(5-9)13-11-6-18(16,17)7-12(11)15/h2-5,11-13,15H,6-7H2,1H3/t11-,12-/m1/s1. The summed E-state index contributed by atoms with van der Waals surface area (Å²) in [6.45, 7) is 1.47. The second kappa shape index (κ2) is 4.70. The quantitative estimate of drug-likeness (QED) is 0.779. The summed E-state index contributed by atoms with van der Waals surface area (Å²) in [5.41, 5.74) is 1.19. The number of carbonyl (C=O) groups is 1. The van der Waals surface area contributed by atoms with Crippen molar-refractivity contribution in [1.29, 1.82) is 0 Å². The molecule has 98 valence electrons. The summed E-state index contributed by atoms with van der Waals surface area (Å²) < 4.78 is 22.7. The lowest BCUT2D eigenvalue weighted by molar-refractivity contribution is 0.101. The van der Waals surface area contributed by atoms with E-state index in [-0.39, 0.29) is 17.3 Å². The zero-order valence-electron chi connectivity index (χ0n) is 9.96. The smallest absolute Gasteiger partial charge is 0.159 e. The Morgan fingerprint density at radius 2 is 2.11 bits per heavy atom. The van der Waals surface area contributed by atoms with E-state index in [9.17, 15) is 18.3 Å². The maximum absolute atomic E-state index is 11.4. The minimum atomic E-state index is -3.17. The Kier molecular flexibility index (Phi) is 3.41. The van der Waals surface area contributed by atoms with E-state index in [4.69, 9.17) is 0 Å². The van der Waals surface area contributed by atoms with Gasteiger partial charge in [0.15, 0.2) is 15.6 Å². The van der Waals surface area contributed by atoms with Gasteiger partial charge in [-0.2, -0.15) is 0 Å². The van der Waals surface area contributed by atoms with Crippen molar-refractivity contribution in [2.75, 3.05) is 16.8 Å². The molecule has 1 aromatic rings. The number of Topliss-reactive ketones (excluding diaryl/α,β-unsaturated/α-hetero) is 1. The highest BCUT2D eigenvalue weighted by Gasteiger charge is 2.36. The van der Waals surface area contributed by atoms with Gasteiger partial charge in [0.05, 0.1) is 23.7 Å². The van der Waals surface area contributed by atoms with E-state index < -0.39 is 22.0 Å². The molecule has 0 radical (unpaired) electrons. The van der Waals surface area contributed by atoms with E-state index in [1.54, 1.807) is 24.3 Å². The highest BCUT2D eigenvalue weighted by Crippen LogP contribution is 2.19. The molecule has 18 heavy (non-hydrogen) atoms. The molecule has 6 heteroatoms. The predicted molar refractivity (Wildman–Crippen MR) is 68.5 cm³/mol. The first-order chi connectivity index (χ1) is 8.37. The fourth-order valence-corrected chi connectivity index (χ4v) is 3.75. The first-order valence-corrected chi connectivity index (χ1v) is 7.45. The van der Waals surface area contributed by atoms with Gasteiger partial charge < -0.3 is 10.4 Å². The van der Waals surface area contributed by atoms with E-state index in [0.29, 0.717) is 11.3 Å². The highest BCUT2D eigenvalue weighted by atomic mass is 32.2. The van der Waals surface area contributed by atoms with E-state index >= 15 is 0 Å². The zero-order valence-corrected chi connectivity index (χ0v) is 10.8. The van der Waals surface area contributed by atoms with E-state index in [1.807, 2.05) is 0 Å². The van der Waals surface area contributed by atoms with E-state index in [0.717, 1.165) is 0 Å². The molecule has 1 saturated heterocycles. The molecule has 2 rings (SSSR count). The largest absolute Gasteiger partial charge is 0.390 e. The summed E-state index contributed by atoms with van der Waals surface area (Å²) in [6.07, 6.45) is -0.906. The molecule has 0 aromatic heterocycles. The Hall–Kier alpha value is -1.40. The number of rotatable bonds is 3. The number of hydrogen-bond donors (Lipinski definition) is 2. The van der Waals surface area contributed by atoms with Crippen LogP contribution >= 0.6 is 0 Å². The number of benzene rings is 1. The highest BCUT2D eigenvalue weighted by molar-refractivity contribution is 7.91. The second-order valence-corrected chi connectivity index (χ2v) is 6.69. The van der Waals surface area contributed by atoms with Gasteiger partial charge >= 0.3 is 0 Å². The average molecular weight is 269 g/mol. The third-order valence-electron chi connectivity index (χ3n) is 2.94. The molecule has 0 unspecified atom stereocenters. The molecule has 1 aliphatic rings. The molecule has 1 aliphatic heterocycles. The SMILES string of the molecule is CC(=O)c1cccc(N[C@@H]2CS(=O)(=O)C[C@H]2O)c1. The normalized spacial score (nSPS) is 25.9. The number of aliphatic hydroxyl groups is 1. The Morgan fingerprint density at radius 1 is 1.39 bits per heavy atom. The van der Waals surface area contributed by atoms with Gasteiger partial charge in [-0.25, -0.2) is 8.42 Å². The van der Waals surface area contributed by atoms with Gasteiger partial charge in [0.2, 0.25) is 0 Å². The van der Waals surface area contributed by atoms with Gasteiger partial charge in [0.1, 0.15) is 0 Å². The van der Waals surface area contributed by atoms with E-state index in [1.165, 1.54) is 6.92 Å². The fraction of sp³-hybridized carbons (Fsp3) is 0.417. The zero-order chi connectivity index (χ0) is 13.3. The van der Waals surface area contributed by atoms with Crippen molar-refractivity contribution in [3.05, 3.63) is 29.8 Å². The van der Waals surface area contributed by atoms with Gasteiger partial charge in [0.25, 0.3) is 0 Å².